The van der Waals surface area contributed by atoms with E-state index in [1.807, 2.05) is 0 Å². The van der Waals surface area contributed by atoms with Crippen molar-refractivity contribution in [3.8, 4) is 11.1 Å². The molecule has 0 aliphatic heterocycles. The van der Waals surface area contributed by atoms with Gasteiger partial charge in [0.05, 0.1) is 13.2 Å². The second-order valence-electron chi connectivity index (χ2n) is 8.04. The Balaban J connectivity index is 1.47. The minimum atomic E-state index is 0.598. The normalized spacial score (nSPS) is 19.8. The average Bonchev–Trinajstić information content (AvgIpc) is 2.75. The van der Waals surface area contributed by atoms with Gasteiger partial charge in [-0.05, 0) is 79.5 Å². The lowest BCUT2D eigenvalue weighted by molar-refractivity contribution is 0.149. The smallest absolute Gasteiger partial charge is 0.0721 e. The molecule has 28 heavy (non-hydrogen) atoms. The van der Waals surface area contributed by atoms with Crippen LogP contribution in [-0.4, -0.2) is 6.61 Å². The Bertz CT molecular complexity index is 731. The molecule has 2 aromatic rings. The summed E-state index contributed by atoms with van der Waals surface area (Å²) in [6.07, 6.45) is 14.5. The Hall–Kier alpha value is -2.12. The highest BCUT2D eigenvalue weighted by Crippen LogP contribution is 2.32. The first-order valence-electron chi connectivity index (χ1n) is 10.8. The van der Waals surface area contributed by atoms with Crippen LogP contribution in [0.25, 0.3) is 11.1 Å². The van der Waals surface area contributed by atoms with Crippen molar-refractivity contribution in [3.63, 3.8) is 0 Å². The van der Waals surface area contributed by atoms with Gasteiger partial charge >= 0.3 is 0 Å². The monoisotopic (exact) mass is 374 g/mol. The van der Waals surface area contributed by atoms with E-state index in [0.717, 1.165) is 11.8 Å². The predicted molar refractivity (Wildman–Crippen MR) is 120 cm³/mol. The van der Waals surface area contributed by atoms with Crippen molar-refractivity contribution in [2.24, 2.45) is 11.8 Å². The summed E-state index contributed by atoms with van der Waals surface area (Å²) in [7, 11) is 0. The quantitative estimate of drug-likeness (QED) is 0.329. The fourth-order valence-corrected chi connectivity index (χ4v) is 4.23. The molecule has 0 amide bonds. The summed E-state index contributed by atoms with van der Waals surface area (Å²) >= 11 is 0. The van der Waals surface area contributed by atoms with Crippen molar-refractivity contribution in [3.05, 3.63) is 84.5 Å². The molecule has 1 aliphatic rings. The first-order valence-corrected chi connectivity index (χ1v) is 10.8. The van der Waals surface area contributed by atoms with Gasteiger partial charge in [-0.25, -0.2) is 0 Å². The molecular formula is C27H34O. The van der Waals surface area contributed by atoms with Crippen LogP contribution in [0.5, 0.6) is 0 Å². The molecule has 0 radical (unpaired) electrons. The van der Waals surface area contributed by atoms with Gasteiger partial charge in [0.15, 0.2) is 0 Å². The Morgan fingerprint density at radius 2 is 1.50 bits per heavy atom. The highest BCUT2D eigenvalue weighted by Gasteiger charge is 2.19. The molecule has 0 unspecified atom stereocenters. The number of allylic oxidation sites excluding steroid dienone is 2. The van der Waals surface area contributed by atoms with Gasteiger partial charge in [0.1, 0.15) is 0 Å². The number of hydrogen-bond acceptors (Lipinski definition) is 1. The van der Waals surface area contributed by atoms with E-state index in [4.69, 9.17) is 4.74 Å². The van der Waals surface area contributed by atoms with E-state index in [-0.39, 0.29) is 0 Å². The Morgan fingerprint density at radius 1 is 0.893 bits per heavy atom. The maximum Gasteiger partial charge on any atom is 0.0721 e. The maximum atomic E-state index is 5.50. The van der Waals surface area contributed by atoms with Crippen LogP contribution < -0.4 is 0 Å². The lowest BCUT2D eigenvalue weighted by Crippen LogP contribution is -2.13. The van der Waals surface area contributed by atoms with Crippen molar-refractivity contribution in [2.75, 3.05) is 6.61 Å². The summed E-state index contributed by atoms with van der Waals surface area (Å²) in [5.74, 6) is 1.75. The molecule has 0 aromatic heterocycles. The van der Waals surface area contributed by atoms with Crippen LogP contribution in [0.1, 0.15) is 50.2 Å². The summed E-state index contributed by atoms with van der Waals surface area (Å²) in [5.41, 5.74) is 5.22. The molecule has 2 aromatic carbocycles. The van der Waals surface area contributed by atoms with E-state index < -0.39 is 0 Å². The molecule has 0 bridgehead atoms. The SMILES string of the molecule is C=CCOCc1ccc(-c2ccc(CCC3CCC(/C=C\C)CC3)cc2)cc1. The predicted octanol–water partition coefficient (Wildman–Crippen LogP) is 7.37. The highest BCUT2D eigenvalue weighted by molar-refractivity contribution is 5.63. The molecule has 0 heterocycles. The molecule has 0 saturated heterocycles. The Kier molecular flexibility index (Phi) is 8.11. The van der Waals surface area contributed by atoms with Gasteiger partial charge in [0.25, 0.3) is 0 Å². The van der Waals surface area contributed by atoms with Crippen molar-refractivity contribution in [1.29, 1.82) is 0 Å². The van der Waals surface area contributed by atoms with Crippen molar-refractivity contribution in [2.45, 2.75) is 52.1 Å². The van der Waals surface area contributed by atoms with E-state index in [9.17, 15) is 0 Å². The van der Waals surface area contributed by atoms with E-state index in [2.05, 4.69) is 74.2 Å². The zero-order chi connectivity index (χ0) is 19.6. The van der Waals surface area contributed by atoms with E-state index in [1.165, 1.54) is 60.8 Å². The number of ether oxygens (including phenoxy) is 1. The van der Waals surface area contributed by atoms with Gasteiger partial charge in [0, 0.05) is 0 Å². The third-order valence-corrected chi connectivity index (χ3v) is 5.94. The van der Waals surface area contributed by atoms with Gasteiger partial charge in [0.2, 0.25) is 0 Å². The van der Waals surface area contributed by atoms with Crippen LogP contribution in [0.3, 0.4) is 0 Å². The number of rotatable bonds is 9. The van der Waals surface area contributed by atoms with Crippen molar-refractivity contribution in [1.82, 2.24) is 0 Å². The third kappa shape index (κ3) is 6.21. The van der Waals surface area contributed by atoms with Gasteiger partial charge in [-0.15, -0.1) is 6.58 Å². The minimum absolute atomic E-state index is 0.598. The molecule has 1 aliphatic carbocycles. The molecule has 148 valence electrons. The van der Waals surface area contributed by atoms with Gasteiger partial charge in [-0.1, -0.05) is 66.8 Å². The first kappa shape index (κ1) is 20.6. The molecule has 0 N–H and O–H groups in total. The topological polar surface area (TPSA) is 9.23 Å². The summed E-state index contributed by atoms with van der Waals surface area (Å²) in [4.78, 5) is 0. The molecule has 0 atom stereocenters. The zero-order valence-corrected chi connectivity index (χ0v) is 17.3. The summed E-state index contributed by atoms with van der Waals surface area (Å²) < 4.78 is 5.50. The lowest BCUT2D eigenvalue weighted by atomic mass is 9.79. The Morgan fingerprint density at radius 3 is 2.07 bits per heavy atom. The second-order valence-corrected chi connectivity index (χ2v) is 8.04. The fourth-order valence-electron chi connectivity index (χ4n) is 4.23. The summed E-state index contributed by atoms with van der Waals surface area (Å²) in [5, 5.41) is 0. The van der Waals surface area contributed by atoms with Crippen LogP contribution in [0.4, 0.5) is 0 Å². The van der Waals surface area contributed by atoms with Crippen LogP contribution in [0.2, 0.25) is 0 Å². The molecule has 1 saturated carbocycles. The second kappa shape index (κ2) is 11.0. The number of aryl methyl sites for hydroxylation is 1. The van der Waals surface area contributed by atoms with Gasteiger partial charge in [-0.3, -0.25) is 0 Å². The minimum Gasteiger partial charge on any atom is -0.373 e. The molecule has 1 heteroatoms. The molecule has 0 spiro atoms. The highest BCUT2D eigenvalue weighted by atomic mass is 16.5. The lowest BCUT2D eigenvalue weighted by Gasteiger charge is -2.26. The van der Waals surface area contributed by atoms with Crippen LogP contribution in [0, 0.1) is 11.8 Å². The van der Waals surface area contributed by atoms with Crippen molar-refractivity contribution >= 4 is 0 Å². The largest absolute Gasteiger partial charge is 0.373 e. The summed E-state index contributed by atoms with van der Waals surface area (Å²) in [6, 6.07) is 17.8. The summed E-state index contributed by atoms with van der Waals surface area (Å²) in [6.45, 7) is 7.05. The molecular weight excluding hydrogens is 340 g/mol. The van der Waals surface area contributed by atoms with Crippen molar-refractivity contribution < 1.29 is 4.74 Å². The van der Waals surface area contributed by atoms with Gasteiger partial charge < -0.3 is 4.74 Å². The number of benzene rings is 2. The van der Waals surface area contributed by atoms with E-state index >= 15 is 0 Å². The number of hydrogen-bond donors (Lipinski definition) is 0. The fraction of sp³-hybridized carbons (Fsp3) is 0.407. The van der Waals surface area contributed by atoms with Crippen LogP contribution >= 0.6 is 0 Å². The zero-order valence-electron chi connectivity index (χ0n) is 17.3. The molecule has 3 rings (SSSR count). The van der Waals surface area contributed by atoms with Crippen LogP contribution in [0.15, 0.2) is 73.3 Å². The molecule has 1 fully saturated rings. The first-order chi connectivity index (χ1) is 13.8. The third-order valence-electron chi connectivity index (χ3n) is 5.94. The van der Waals surface area contributed by atoms with E-state index in [1.54, 1.807) is 6.08 Å². The maximum absolute atomic E-state index is 5.50. The van der Waals surface area contributed by atoms with Gasteiger partial charge in [-0.2, -0.15) is 0 Å². The average molecular weight is 375 g/mol. The molecule has 1 nitrogen and oxygen atoms in total. The van der Waals surface area contributed by atoms with E-state index in [0.29, 0.717) is 13.2 Å². The Labute approximate surface area is 171 Å². The van der Waals surface area contributed by atoms with Crippen LogP contribution in [-0.2, 0) is 17.8 Å². The standard InChI is InChI=1S/C27H34O/c1-3-5-22-6-8-23(9-7-22)10-11-24-12-16-26(17-13-24)27-18-14-25(15-19-27)21-28-20-4-2/h3-5,12-19,22-23H,2,6-11,20-21H2,1H3/b5-3-.